The normalized spacial score (nSPS) is 16.4. The average molecular weight is 933 g/mol. The number of anilines is 6. The fourth-order valence-electron chi connectivity index (χ4n) is 6.60. The second-order valence-electron chi connectivity index (χ2n) is 13.1. The summed E-state index contributed by atoms with van der Waals surface area (Å²) in [4.78, 5) is 78.1. The van der Waals surface area contributed by atoms with Gasteiger partial charge in [0.2, 0.25) is 11.6 Å². The molecule has 0 saturated carbocycles. The lowest BCUT2D eigenvalue weighted by Gasteiger charge is -2.35. The number of urea groups is 1. The number of benzene rings is 1. The van der Waals surface area contributed by atoms with E-state index in [-0.39, 0.29) is 23.7 Å². The number of carbonyl (C=O) groups is 4. The van der Waals surface area contributed by atoms with Crippen LogP contribution in [0, 0.1) is 0 Å². The standard InChI is InChI=1S/C16H15BrN6O3.C12H9BrN2O2.C10H12N4O2/c1-26-15(24)13-19-7-11-14(21-13)23(10-3-5-22(11)8-10)16(25)20-12-6-9(17)2-4-18-12;13-9-6-7-14-11(8-9)15-12(16)17-10-4-2-1-3-5-10;1-16-10(15)9-11-4-7-8(13-9)12-6-2-3-14(7)5-6/h2,4,6-7,10H,3,5,8H2,1H3,(H,18,20,25);1-8H,(H,14,15,16);4,6H,2-3,5H2,1H3,(H,11,12,13)/t10-;;6-/m0.0/s1. The molecule has 9 rings (SSSR count). The van der Waals surface area contributed by atoms with Gasteiger partial charge in [-0.2, -0.15) is 0 Å². The summed E-state index contributed by atoms with van der Waals surface area (Å²) >= 11 is 6.64. The molecular weight excluding hydrogens is 896 g/mol. The number of hydrogen-bond acceptors (Lipinski definition) is 16. The van der Waals surface area contributed by atoms with Crippen molar-refractivity contribution < 1.29 is 33.4 Å². The molecule has 4 aromatic heterocycles. The van der Waals surface area contributed by atoms with Crippen LogP contribution in [0.15, 0.2) is 88.3 Å². The highest BCUT2D eigenvalue weighted by atomic mass is 79.9. The minimum Gasteiger partial charge on any atom is -0.463 e. The van der Waals surface area contributed by atoms with Gasteiger partial charge in [-0.15, -0.1) is 0 Å². The molecule has 4 bridgehead atoms. The number of nitrogens with zero attached hydrogens (tertiary/aromatic N) is 9. The van der Waals surface area contributed by atoms with E-state index in [1.165, 1.54) is 14.2 Å². The van der Waals surface area contributed by atoms with Crippen LogP contribution in [0.3, 0.4) is 0 Å². The van der Waals surface area contributed by atoms with Gasteiger partial charge in [0.25, 0.3) is 0 Å². The minimum atomic E-state index is -0.644. The maximum Gasteiger partial charge on any atom is 0.418 e. The summed E-state index contributed by atoms with van der Waals surface area (Å²) in [6, 6.07) is 15.8. The number of aromatic nitrogens is 6. The highest BCUT2D eigenvalue weighted by molar-refractivity contribution is 9.10. The SMILES string of the molecule is COC(=O)c1ncc2c(n1)N(C(=O)Nc1cc(Br)ccn1)[C@H]1CCN2C1.COC(=O)c1ncc2c(n1)N[C@H]1CCN2C1.O=C(Nc1cc(Br)ccn1)Oc1ccccc1. The van der Waals surface area contributed by atoms with Crippen molar-refractivity contribution in [1.29, 1.82) is 0 Å². The topological polar surface area (TPSA) is 219 Å². The quantitative estimate of drug-likeness (QED) is 0.178. The van der Waals surface area contributed by atoms with Crippen LogP contribution in [0.2, 0.25) is 0 Å². The first-order valence-corrected chi connectivity index (χ1v) is 19.7. The Balaban J connectivity index is 0.000000140. The molecule has 5 aromatic rings. The Bertz CT molecular complexity index is 2360. The number of nitrogens with one attached hydrogen (secondary N) is 3. The Morgan fingerprint density at radius 3 is 2.02 bits per heavy atom. The molecule has 1 aromatic carbocycles. The molecule has 19 nitrogen and oxygen atoms in total. The summed E-state index contributed by atoms with van der Waals surface area (Å²) in [7, 11) is 2.59. The van der Waals surface area contributed by atoms with Gasteiger partial charge < -0.3 is 29.3 Å². The van der Waals surface area contributed by atoms with E-state index in [0.717, 1.165) is 58.6 Å². The van der Waals surface area contributed by atoms with Crippen molar-refractivity contribution in [3.8, 4) is 5.75 Å². The summed E-state index contributed by atoms with van der Waals surface area (Å²) in [6.07, 6.45) is 7.77. The largest absolute Gasteiger partial charge is 0.463 e. The molecule has 3 amide bonds. The predicted octanol–water partition coefficient (Wildman–Crippen LogP) is 5.77. The zero-order valence-electron chi connectivity index (χ0n) is 31.5. The van der Waals surface area contributed by atoms with Crippen LogP contribution in [-0.4, -0.2) is 106 Å². The molecule has 2 saturated heterocycles. The Kier molecular flexibility index (Phi) is 12.7. The first kappa shape index (κ1) is 40.7. The first-order chi connectivity index (χ1) is 28.6. The lowest BCUT2D eigenvalue weighted by Crippen LogP contribution is -2.48. The lowest BCUT2D eigenvalue weighted by atomic mass is 10.2. The lowest BCUT2D eigenvalue weighted by molar-refractivity contribution is 0.0578. The Morgan fingerprint density at radius 2 is 1.36 bits per heavy atom. The summed E-state index contributed by atoms with van der Waals surface area (Å²) < 4.78 is 16.0. The molecular formula is C38H36Br2N12O7. The third kappa shape index (κ3) is 9.80. The molecule has 8 heterocycles. The van der Waals surface area contributed by atoms with Crippen molar-refractivity contribution in [2.45, 2.75) is 24.9 Å². The van der Waals surface area contributed by atoms with Crippen LogP contribution < -0.4 is 35.4 Å². The van der Waals surface area contributed by atoms with Crippen LogP contribution >= 0.6 is 31.9 Å². The van der Waals surface area contributed by atoms with Crippen molar-refractivity contribution >= 4 is 90.6 Å². The van der Waals surface area contributed by atoms with Gasteiger partial charge in [0.1, 0.15) is 17.4 Å². The van der Waals surface area contributed by atoms with E-state index in [1.807, 2.05) is 6.07 Å². The monoisotopic (exact) mass is 930 g/mol. The van der Waals surface area contributed by atoms with E-state index < -0.39 is 18.0 Å². The van der Waals surface area contributed by atoms with Crippen molar-refractivity contribution in [3.63, 3.8) is 0 Å². The van der Waals surface area contributed by atoms with Crippen molar-refractivity contribution in [2.75, 3.05) is 71.0 Å². The average Bonchev–Trinajstić information content (AvgIpc) is 3.84. The van der Waals surface area contributed by atoms with Gasteiger partial charge in [-0.25, -0.2) is 49.1 Å². The van der Waals surface area contributed by atoms with E-state index in [0.29, 0.717) is 35.8 Å². The maximum atomic E-state index is 12.9. The second-order valence-corrected chi connectivity index (χ2v) is 15.0. The van der Waals surface area contributed by atoms with Crippen LogP contribution in [0.5, 0.6) is 5.75 Å². The Morgan fingerprint density at radius 1 is 0.746 bits per heavy atom. The Labute approximate surface area is 354 Å². The molecule has 3 N–H and O–H groups in total. The van der Waals surface area contributed by atoms with E-state index in [4.69, 9.17) is 4.74 Å². The number of pyridine rings is 2. The van der Waals surface area contributed by atoms with Crippen LogP contribution in [0.1, 0.15) is 34.1 Å². The zero-order chi connectivity index (χ0) is 41.5. The smallest absolute Gasteiger partial charge is 0.418 e. The molecule has 0 aliphatic carbocycles. The van der Waals surface area contributed by atoms with Crippen LogP contribution in [-0.2, 0) is 9.47 Å². The van der Waals surface area contributed by atoms with Gasteiger partial charge >= 0.3 is 24.1 Å². The van der Waals surface area contributed by atoms with Crippen molar-refractivity contribution in [2.24, 2.45) is 0 Å². The second kappa shape index (κ2) is 18.4. The number of carbonyl (C=O) groups excluding carboxylic acids is 4. The molecule has 59 heavy (non-hydrogen) atoms. The molecule has 0 unspecified atom stereocenters. The van der Waals surface area contributed by atoms with E-state index >= 15 is 0 Å². The molecule has 0 radical (unpaired) electrons. The van der Waals surface area contributed by atoms with Crippen molar-refractivity contribution in [1.82, 2.24) is 29.9 Å². The number of fused-ring (bicyclic) bond motifs is 8. The molecule has 304 valence electrons. The number of amides is 3. The fourth-order valence-corrected chi connectivity index (χ4v) is 7.27. The third-order valence-corrected chi connectivity index (χ3v) is 10.3. The summed E-state index contributed by atoms with van der Waals surface area (Å²) in [5.74, 6) is 1.37. The van der Waals surface area contributed by atoms with Crippen LogP contribution in [0.4, 0.5) is 44.2 Å². The fraction of sp³-hybridized carbons (Fsp3) is 0.263. The Hall–Kier alpha value is -6.48. The van der Waals surface area contributed by atoms with E-state index in [1.54, 1.807) is 78.2 Å². The predicted molar refractivity (Wildman–Crippen MR) is 223 cm³/mol. The third-order valence-electron chi connectivity index (χ3n) is 9.30. The van der Waals surface area contributed by atoms with Gasteiger partial charge in [-0.05, 0) is 49.2 Å². The summed E-state index contributed by atoms with van der Waals surface area (Å²) in [5.41, 5.74) is 1.70. The van der Waals surface area contributed by atoms with Gasteiger partial charge in [-0.1, -0.05) is 50.1 Å². The first-order valence-electron chi connectivity index (χ1n) is 18.1. The summed E-state index contributed by atoms with van der Waals surface area (Å²) in [5, 5.41) is 8.63. The minimum absolute atomic E-state index is 0.0324. The molecule has 0 spiro atoms. The highest BCUT2D eigenvalue weighted by Gasteiger charge is 2.41. The molecule has 4 aliphatic rings. The van der Waals surface area contributed by atoms with Gasteiger partial charge in [0, 0.05) is 53.6 Å². The number of esters is 2. The molecule has 4 aliphatic heterocycles. The van der Waals surface area contributed by atoms with Crippen LogP contribution in [0.25, 0.3) is 0 Å². The molecule has 2 atom stereocenters. The number of ether oxygens (including phenoxy) is 3. The van der Waals surface area contributed by atoms with Gasteiger partial charge in [0.05, 0.1) is 44.0 Å². The number of hydrogen-bond donors (Lipinski definition) is 3. The molecule has 2 fully saturated rings. The van der Waals surface area contributed by atoms with Crippen molar-refractivity contribution in [3.05, 3.63) is 100.0 Å². The number of halogens is 2. The maximum absolute atomic E-state index is 12.9. The number of para-hydroxylation sites is 1. The zero-order valence-corrected chi connectivity index (χ0v) is 34.7. The number of methoxy groups -OCH3 is 2. The van der Waals surface area contributed by atoms with E-state index in [2.05, 4.69) is 97.0 Å². The van der Waals surface area contributed by atoms with Gasteiger partial charge in [0.15, 0.2) is 11.6 Å². The number of rotatable bonds is 5. The van der Waals surface area contributed by atoms with E-state index in [9.17, 15) is 19.2 Å². The summed E-state index contributed by atoms with van der Waals surface area (Å²) in [6.45, 7) is 3.52. The highest BCUT2D eigenvalue weighted by Crippen LogP contribution is 2.39. The van der Waals surface area contributed by atoms with Gasteiger partial charge in [-0.3, -0.25) is 15.5 Å². The molecule has 21 heteroatoms.